The van der Waals surface area contributed by atoms with Gasteiger partial charge in [0.2, 0.25) is 5.91 Å². The van der Waals surface area contributed by atoms with Gasteiger partial charge in [-0.3, -0.25) is 4.79 Å². The maximum Gasteiger partial charge on any atom is 0.222 e. The quantitative estimate of drug-likeness (QED) is 0.706. The van der Waals surface area contributed by atoms with Crippen LogP contribution in [0.5, 0.6) is 0 Å². The monoisotopic (exact) mass is 340 g/mol. The van der Waals surface area contributed by atoms with E-state index in [2.05, 4.69) is 20.5 Å². The predicted molar refractivity (Wildman–Crippen MR) is 89.6 cm³/mol. The van der Waals surface area contributed by atoms with Crippen LogP contribution in [0.1, 0.15) is 37.5 Å². The molecule has 1 saturated heterocycles. The van der Waals surface area contributed by atoms with Crippen molar-refractivity contribution in [3.05, 3.63) is 36.5 Å². The zero-order chi connectivity index (χ0) is 17.1. The van der Waals surface area contributed by atoms with Crippen molar-refractivity contribution in [2.24, 2.45) is 0 Å². The summed E-state index contributed by atoms with van der Waals surface area (Å²) in [5.41, 5.74) is 1.68. The highest BCUT2D eigenvalue weighted by atomic mass is 16.3. The fourth-order valence-corrected chi connectivity index (χ4v) is 3.30. The molecule has 1 aliphatic rings. The summed E-state index contributed by atoms with van der Waals surface area (Å²) in [6.45, 7) is 2.14. The van der Waals surface area contributed by atoms with Gasteiger partial charge in [0.05, 0.1) is 5.92 Å². The third-order valence-corrected chi connectivity index (χ3v) is 4.60. The average Bonchev–Trinajstić information content (AvgIpc) is 3.31. The van der Waals surface area contributed by atoms with Gasteiger partial charge in [-0.25, -0.2) is 9.67 Å². The van der Waals surface area contributed by atoms with Crippen LogP contribution < -0.4 is 0 Å². The molecule has 1 amide bonds. The Kier molecular flexibility index (Phi) is 4.41. The number of carbonyl (C=O) groups excluding carboxylic acids is 1. The Morgan fingerprint density at radius 1 is 1.32 bits per heavy atom. The minimum atomic E-state index is 0.171. The molecule has 1 aromatic carbocycles. The number of amides is 1. The number of rotatable bonds is 5. The van der Waals surface area contributed by atoms with Gasteiger partial charge in [-0.15, -0.1) is 5.10 Å². The topological polar surface area (TPSA) is 89.9 Å². The van der Waals surface area contributed by atoms with Crippen LogP contribution in [-0.4, -0.2) is 49.1 Å². The van der Waals surface area contributed by atoms with Crippen molar-refractivity contribution in [3.8, 4) is 0 Å². The summed E-state index contributed by atoms with van der Waals surface area (Å²) in [6, 6.07) is 7.78. The van der Waals surface area contributed by atoms with E-state index in [1.165, 1.54) is 0 Å². The van der Waals surface area contributed by atoms with Crippen LogP contribution >= 0.6 is 0 Å². The molecule has 4 rings (SSSR count). The van der Waals surface area contributed by atoms with Crippen molar-refractivity contribution in [2.45, 2.75) is 38.1 Å². The number of likely N-dealkylation sites (tertiary alicyclic amines) is 1. The Bertz CT molecular complexity index is 811. The lowest BCUT2D eigenvalue weighted by atomic mass is 9.97. The predicted octanol–water partition coefficient (Wildman–Crippen LogP) is 2.00. The van der Waals surface area contributed by atoms with Gasteiger partial charge in [0, 0.05) is 26.1 Å². The first kappa shape index (κ1) is 15.7. The van der Waals surface area contributed by atoms with Crippen molar-refractivity contribution in [3.63, 3.8) is 0 Å². The molecule has 0 aliphatic carbocycles. The molecule has 1 atom stereocenters. The number of oxazole rings is 1. The Hall–Kier alpha value is -2.77. The van der Waals surface area contributed by atoms with Crippen LogP contribution in [0, 0.1) is 0 Å². The van der Waals surface area contributed by atoms with E-state index >= 15 is 0 Å². The fraction of sp³-hybridized carbons (Fsp3) is 0.471. The third kappa shape index (κ3) is 3.52. The van der Waals surface area contributed by atoms with Crippen molar-refractivity contribution in [1.82, 2.24) is 30.1 Å². The number of aromatic nitrogens is 5. The van der Waals surface area contributed by atoms with Gasteiger partial charge in [-0.1, -0.05) is 12.1 Å². The molecule has 0 bridgehead atoms. The number of tetrazole rings is 1. The van der Waals surface area contributed by atoms with Crippen LogP contribution in [0.15, 0.2) is 35.0 Å². The van der Waals surface area contributed by atoms with Gasteiger partial charge in [-0.2, -0.15) is 0 Å². The first-order valence-electron chi connectivity index (χ1n) is 8.63. The minimum Gasteiger partial charge on any atom is -0.440 e. The Morgan fingerprint density at radius 3 is 3.08 bits per heavy atom. The number of hydrogen-bond donors (Lipinski definition) is 0. The molecule has 2 aromatic heterocycles. The second kappa shape index (κ2) is 7.00. The van der Waals surface area contributed by atoms with Gasteiger partial charge in [-0.05, 0) is 41.8 Å². The zero-order valence-corrected chi connectivity index (χ0v) is 13.9. The molecule has 1 unspecified atom stereocenters. The Labute approximate surface area is 144 Å². The maximum absolute atomic E-state index is 12.5. The van der Waals surface area contributed by atoms with Gasteiger partial charge in [0.1, 0.15) is 11.8 Å². The van der Waals surface area contributed by atoms with E-state index in [0.29, 0.717) is 19.5 Å². The molecular weight excluding hydrogens is 320 g/mol. The second-order valence-electron chi connectivity index (χ2n) is 6.38. The first-order chi connectivity index (χ1) is 12.3. The van der Waals surface area contributed by atoms with Gasteiger partial charge >= 0.3 is 0 Å². The number of hydrogen-bond acceptors (Lipinski definition) is 6. The molecule has 3 heterocycles. The van der Waals surface area contributed by atoms with Crippen molar-refractivity contribution >= 4 is 17.0 Å². The average molecular weight is 340 g/mol. The van der Waals surface area contributed by atoms with Crippen molar-refractivity contribution < 1.29 is 9.21 Å². The Morgan fingerprint density at radius 2 is 2.24 bits per heavy atom. The van der Waals surface area contributed by atoms with Gasteiger partial charge in [0.25, 0.3) is 0 Å². The highest BCUT2D eigenvalue weighted by Gasteiger charge is 2.27. The van der Waals surface area contributed by atoms with Crippen LogP contribution in [0.3, 0.4) is 0 Å². The number of fused-ring (bicyclic) bond motifs is 1. The number of para-hydroxylation sites is 2. The standard InChI is InChI=1S/C17H20N6O2/c24-16(8-4-10-23-12-18-20-21-23)22-9-3-5-13(11-22)17-19-14-6-1-2-7-15(14)25-17/h1-2,6-7,12-13H,3-5,8-11H2. The Balaban J connectivity index is 1.36. The van der Waals surface area contributed by atoms with Crippen LogP contribution in [0.25, 0.3) is 11.1 Å². The summed E-state index contributed by atoms with van der Waals surface area (Å²) >= 11 is 0. The molecule has 0 radical (unpaired) electrons. The van der Waals surface area contributed by atoms with E-state index in [4.69, 9.17) is 4.42 Å². The molecular formula is C17H20N6O2. The lowest BCUT2D eigenvalue weighted by molar-refractivity contribution is -0.132. The summed E-state index contributed by atoms with van der Waals surface area (Å²) in [7, 11) is 0. The maximum atomic E-state index is 12.5. The summed E-state index contributed by atoms with van der Waals surface area (Å²) in [5.74, 6) is 1.09. The molecule has 1 fully saturated rings. The lowest BCUT2D eigenvalue weighted by Gasteiger charge is -2.31. The van der Waals surface area contributed by atoms with Crippen molar-refractivity contribution in [1.29, 1.82) is 0 Å². The number of nitrogens with zero attached hydrogens (tertiary/aromatic N) is 6. The fourth-order valence-electron chi connectivity index (χ4n) is 3.30. The molecule has 0 saturated carbocycles. The number of aryl methyl sites for hydroxylation is 1. The summed E-state index contributed by atoms with van der Waals surface area (Å²) in [5, 5.41) is 11.0. The van der Waals surface area contributed by atoms with E-state index in [1.807, 2.05) is 29.2 Å². The number of piperidine rings is 1. The molecule has 3 aromatic rings. The summed E-state index contributed by atoms with van der Waals surface area (Å²) in [6.07, 6.45) is 4.77. The van der Waals surface area contributed by atoms with Gasteiger partial charge < -0.3 is 9.32 Å². The second-order valence-corrected chi connectivity index (χ2v) is 6.38. The third-order valence-electron chi connectivity index (χ3n) is 4.60. The largest absolute Gasteiger partial charge is 0.440 e. The SMILES string of the molecule is O=C(CCCn1cnnn1)N1CCCC(c2nc3ccccc3o2)C1. The van der Waals surface area contributed by atoms with Crippen LogP contribution in [0.2, 0.25) is 0 Å². The van der Waals surface area contributed by atoms with E-state index < -0.39 is 0 Å². The van der Waals surface area contributed by atoms with E-state index in [-0.39, 0.29) is 11.8 Å². The van der Waals surface area contributed by atoms with Crippen molar-refractivity contribution in [2.75, 3.05) is 13.1 Å². The lowest BCUT2D eigenvalue weighted by Crippen LogP contribution is -2.39. The normalized spacial score (nSPS) is 17.9. The van der Waals surface area contributed by atoms with Gasteiger partial charge in [0.15, 0.2) is 11.5 Å². The van der Waals surface area contributed by atoms with E-state index in [0.717, 1.165) is 42.8 Å². The van der Waals surface area contributed by atoms with Crippen LogP contribution in [-0.2, 0) is 11.3 Å². The first-order valence-corrected chi connectivity index (χ1v) is 8.63. The molecule has 130 valence electrons. The molecule has 25 heavy (non-hydrogen) atoms. The molecule has 8 nitrogen and oxygen atoms in total. The number of benzene rings is 1. The van der Waals surface area contributed by atoms with E-state index in [1.54, 1.807) is 11.0 Å². The molecule has 0 spiro atoms. The van der Waals surface area contributed by atoms with Crippen LogP contribution in [0.4, 0.5) is 0 Å². The molecule has 1 aliphatic heterocycles. The van der Waals surface area contributed by atoms with E-state index in [9.17, 15) is 4.79 Å². The minimum absolute atomic E-state index is 0.171. The summed E-state index contributed by atoms with van der Waals surface area (Å²) in [4.78, 5) is 19.0. The molecule has 0 N–H and O–H groups in total. The highest BCUT2D eigenvalue weighted by Crippen LogP contribution is 2.29. The smallest absolute Gasteiger partial charge is 0.222 e. The highest BCUT2D eigenvalue weighted by molar-refractivity contribution is 5.76. The molecule has 8 heteroatoms. The number of carbonyl (C=O) groups is 1. The summed E-state index contributed by atoms with van der Waals surface area (Å²) < 4.78 is 7.53. The zero-order valence-electron chi connectivity index (χ0n) is 13.9.